The molecule has 0 spiro atoms. The van der Waals surface area contributed by atoms with Crippen LogP contribution in [0.3, 0.4) is 0 Å². The van der Waals surface area contributed by atoms with Gasteiger partial charge in [-0.2, -0.15) is 5.26 Å². The van der Waals surface area contributed by atoms with Crippen LogP contribution in [0.4, 0.5) is 0 Å². The van der Waals surface area contributed by atoms with E-state index in [1.807, 2.05) is 26.2 Å². The summed E-state index contributed by atoms with van der Waals surface area (Å²) in [5.74, 6) is -1.52. The van der Waals surface area contributed by atoms with Crippen molar-refractivity contribution >= 4 is 29.5 Å². The van der Waals surface area contributed by atoms with Crippen LogP contribution >= 0.6 is 11.8 Å². The van der Waals surface area contributed by atoms with Crippen molar-refractivity contribution in [3.05, 3.63) is 22.1 Å². The molecule has 1 saturated carbocycles. The lowest BCUT2D eigenvalue weighted by molar-refractivity contribution is -0.156. The molecule has 0 aromatic heterocycles. The molecular weight excluding hydrogens is 352 g/mol. The van der Waals surface area contributed by atoms with Crippen molar-refractivity contribution in [2.45, 2.75) is 39.5 Å². The van der Waals surface area contributed by atoms with E-state index in [0.29, 0.717) is 28.9 Å². The summed E-state index contributed by atoms with van der Waals surface area (Å²) in [4.78, 5) is 38.8. The first-order valence-corrected chi connectivity index (χ1v) is 9.96. The number of allylic oxidation sites excluding steroid dienone is 2. The SMILES string of the molecule is CSC(C#N)=C[C@@H]1[C@@H](C(=O)OCN2C(=O)C3=C(CCCC3)C2=O)C1(C)C. The lowest BCUT2D eigenvalue weighted by atomic mass is 9.93. The van der Waals surface area contributed by atoms with Gasteiger partial charge in [0.1, 0.15) is 6.07 Å². The Hall–Kier alpha value is -2.07. The van der Waals surface area contributed by atoms with E-state index in [1.54, 1.807) is 0 Å². The molecule has 2 atom stereocenters. The van der Waals surface area contributed by atoms with E-state index in [9.17, 15) is 14.4 Å². The minimum atomic E-state index is -0.430. The zero-order valence-electron chi connectivity index (χ0n) is 15.2. The third-order valence-corrected chi connectivity index (χ3v) is 6.30. The quantitative estimate of drug-likeness (QED) is 0.418. The van der Waals surface area contributed by atoms with Crippen molar-refractivity contribution in [3.8, 4) is 6.07 Å². The minimum Gasteiger partial charge on any atom is -0.443 e. The van der Waals surface area contributed by atoms with E-state index in [2.05, 4.69) is 6.07 Å². The summed E-state index contributed by atoms with van der Waals surface area (Å²) in [6.45, 7) is 3.56. The number of thioether (sulfide) groups is 1. The Morgan fingerprint density at radius 2 is 1.88 bits per heavy atom. The molecule has 1 aliphatic heterocycles. The molecule has 0 radical (unpaired) electrons. The van der Waals surface area contributed by atoms with Crippen LogP contribution < -0.4 is 0 Å². The van der Waals surface area contributed by atoms with Gasteiger partial charge in [0.2, 0.25) is 0 Å². The summed E-state index contributed by atoms with van der Waals surface area (Å²) < 4.78 is 5.31. The number of hydrogen-bond acceptors (Lipinski definition) is 6. The Labute approximate surface area is 157 Å². The van der Waals surface area contributed by atoms with Gasteiger partial charge in [-0.15, -0.1) is 11.8 Å². The number of hydrogen-bond donors (Lipinski definition) is 0. The minimum absolute atomic E-state index is 0.0755. The van der Waals surface area contributed by atoms with E-state index in [0.717, 1.165) is 17.7 Å². The highest BCUT2D eigenvalue weighted by Gasteiger charge is 2.61. The second kappa shape index (κ2) is 6.92. The van der Waals surface area contributed by atoms with Crippen LogP contribution in [0.2, 0.25) is 0 Å². The first-order valence-electron chi connectivity index (χ1n) is 8.73. The Morgan fingerprint density at radius 1 is 1.31 bits per heavy atom. The van der Waals surface area contributed by atoms with Crippen LogP contribution in [0.15, 0.2) is 22.1 Å². The molecule has 0 N–H and O–H groups in total. The predicted molar refractivity (Wildman–Crippen MR) is 96.3 cm³/mol. The third-order valence-electron chi connectivity index (χ3n) is 5.64. The fourth-order valence-corrected chi connectivity index (χ4v) is 4.26. The van der Waals surface area contributed by atoms with Crippen LogP contribution in [0.1, 0.15) is 39.5 Å². The fourth-order valence-electron chi connectivity index (χ4n) is 3.88. The number of ether oxygens (including phenoxy) is 1. The summed E-state index contributed by atoms with van der Waals surface area (Å²) in [5.41, 5.74) is 0.873. The van der Waals surface area contributed by atoms with E-state index < -0.39 is 5.97 Å². The van der Waals surface area contributed by atoms with E-state index in [1.165, 1.54) is 11.8 Å². The molecule has 2 aliphatic carbocycles. The highest BCUT2D eigenvalue weighted by molar-refractivity contribution is 8.02. The number of nitrogens with zero attached hydrogens (tertiary/aromatic N) is 2. The van der Waals surface area contributed by atoms with E-state index in [-0.39, 0.29) is 35.8 Å². The molecule has 1 fully saturated rings. The van der Waals surface area contributed by atoms with E-state index >= 15 is 0 Å². The number of esters is 1. The monoisotopic (exact) mass is 374 g/mol. The number of carbonyl (C=O) groups is 3. The van der Waals surface area contributed by atoms with Crippen molar-refractivity contribution in [2.75, 3.05) is 13.0 Å². The molecule has 0 saturated heterocycles. The zero-order chi connectivity index (χ0) is 19.1. The Balaban J connectivity index is 1.62. The molecule has 0 unspecified atom stereocenters. The summed E-state index contributed by atoms with van der Waals surface area (Å²) in [7, 11) is 0. The van der Waals surface area contributed by atoms with E-state index in [4.69, 9.17) is 10.00 Å². The van der Waals surface area contributed by atoms with Gasteiger partial charge in [-0.05, 0) is 43.3 Å². The second-order valence-corrected chi connectivity index (χ2v) is 8.31. The van der Waals surface area contributed by atoms with Gasteiger partial charge in [-0.3, -0.25) is 14.4 Å². The van der Waals surface area contributed by atoms with Gasteiger partial charge >= 0.3 is 5.97 Å². The smallest absolute Gasteiger partial charge is 0.311 e. The normalized spacial score (nSPS) is 27.3. The van der Waals surface area contributed by atoms with Crippen molar-refractivity contribution in [3.63, 3.8) is 0 Å². The highest BCUT2D eigenvalue weighted by Crippen LogP contribution is 2.60. The maximum atomic E-state index is 12.5. The number of amides is 2. The van der Waals surface area contributed by atoms with Crippen molar-refractivity contribution in [1.29, 1.82) is 5.26 Å². The first-order chi connectivity index (χ1) is 12.3. The number of nitriles is 1. The predicted octanol–water partition coefficient (Wildman–Crippen LogP) is 2.77. The standard InChI is InChI=1S/C19H22N2O4S/c1-19(2)14(8-11(9-20)26-3)15(19)18(24)25-10-21-16(22)12-6-4-5-7-13(12)17(21)23/h8,14-15H,4-7,10H2,1-3H3/t14-,15+/m1/s1. The molecule has 0 aromatic rings. The molecule has 0 bridgehead atoms. The van der Waals surface area contributed by atoms with Crippen LogP contribution in [0, 0.1) is 28.6 Å². The Kier molecular flexibility index (Phi) is 4.98. The molecule has 3 aliphatic rings. The van der Waals surface area contributed by atoms with Crippen LogP contribution in [-0.4, -0.2) is 35.7 Å². The summed E-state index contributed by atoms with van der Waals surface area (Å²) in [6, 6.07) is 2.11. The van der Waals surface area contributed by atoms with Crippen molar-refractivity contribution in [2.24, 2.45) is 17.3 Å². The molecular formula is C19H22N2O4S. The topological polar surface area (TPSA) is 87.5 Å². The molecule has 138 valence electrons. The van der Waals surface area contributed by atoms with Gasteiger partial charge in [0.05, 0.1) is 10.8 Å². The first kappa shape index (κ1) is 18.7. The maximum Gasteiger partial charge on any atom is 0.311 e. The van der Waals surface area contributed by atoms with Crippen LogP contribution in [-0.2, 0) is 19.1 Å². The Morgan fingerprint density at radius 3 is 2.38 bits per heavy atom. The largest absolute Gasteiger partial charge is 0.443 e. The van der Waals surface area contributed by atoms with Gasteiger partial charge in [-0.1, -0.05) is 19.9 Å². The summed E-state index contributed by atoms with van der Waals surface area (Å²) >= 11 is 1.34. The number of imide groups is 1. The molecule has 2 amide bonds. The van der Waals surface area contributed by atoms with Gasteiger partial charge in [0.25, 0.3) is 11.8 Å². The molecule has 1 heterocycles. The third kappa shape index (κ3) is 3.07. The lowest BCUT2D eigenvalue weighted by Gasteiger charge is -2.15. The number of rotatable bonds is 5. The van der Waals surface area contributed by atoms with Crippen molar-refractivity contribution < 1.29 is 19.1 Å². The fraction of sp³-hybridized carbons (Fsp3) is 0.579. The lowest BCUT2D eigenvalue weighted by Crippen LogP contribution is -2.35. The number of carbonyl (C=O) groups excluding carboxylic acids is 3. The van der Waals surface area contributed by atoms with Crippen LogP contribution in [0.5, 0.6) is 0 Å². The second-order valence-electron chi connectivity index (χ2n) is 7.47. The van der Waals surface area contributed by atoms with Gasteiger partial charge in [-0.25, -0.2) is 4.90 Å². The van der Waals surface area contributed by atoms with Crippen LogP contribution in [0.25, 0.3) is 0 Å². The maximum absolute atomic E-state index is 12.5. The van der Waals surface area contributed by atoms with Gasteiger partial charge in [0.15, 0.2) is 6.73 Å². The van der Waals surface area contributed by atoms with Gasteiger partial charge in [0, 0.05) is 11.1 Å². The zero-order valence-corrected chi connectivity index (χ0v) is 16.0. The van der Waals surface area contributed by atoms with Gasteiger partial charge < -0.3 is 4.74 Å². The average Bonchev–Trinajstić information content (AvgIpc) is 3.09. The average molecular weight is 374 g/mol. The molecule has 7 heteroatoms. The Bertz CT molecular complexity index is 747. The summed E-state index contributed by atoms with van der Waals surface area (Å²) in [6.07, 6.45) is 6.69. The molecule has 0 aromatic carbocycles. The highest BCUT2D eigenvalue weighted by atomic mass is 32.2. The molecule has 3 rings (SSSR count). The van der Waals surface area contributed by atoms with Crippen molar-refractivity contribution in [1.82, 2.24) is 4.90 Å². The molecule has 6 nitrogen and oxygen atoms in total. The molecule has 26 heavy (non-hydrogen) atoms. The summed E-state index contributed by atoms with van der Waals surface area (Å²) in [5, 5.41) is 9.06.